The molecule has 2 aromatic carbocycles. The van der Waals surface area contributed by atoms with Gasteiger partial charge in [0.25, 0.3) is 0 Å². The third-order valence-electron chi connectivity index (χ3n) is 3.10. The number of ketones is 1. The summed E-state index contributed by atoms with van der Waals surface area (Å²) in [5, 5.41) is 0.595. The van der Waals surface area contributed by atoms with E-state index in [0.29, 0.717) is 10.6 Å². The zero-order valence-corrected chi connectivity index (χ0v) is 13.7. The third kappa shape index (κ3) is 3.62. The second-order valence-electron chi connectivity index (χ2n) is 4.70. The van der Waals surface area contributed by atoms with Crippen LogP contribution in [0.1, 0.15) is 22.8 Å². The van der Waals surface area contributed by atoms with E-state index in [1.54, 1.807) is 6.07 Å². The van der Waals surface area contributed by atoms with Gasteiger partial charge in [-0.3, -0.25) is 4.79 Å². The number of hydrogen-bond donors (Lipinski definition) is 0. The van der Waals surface area contributed by atoms with Crippen molar-refractivity contribution in [2.24, 2.45) is 0 Å². The summed E-state index contributed by atoms with van der Waals surface area (Å²) in [6, 6.07) is 13.6. The molecule has 0 saturated heterocycles. The SMILES string of the molecule is CC(=O)c1ccc(N(C)Cc2ccc(Br)cc2)c(Cl)c1. The van der Waals surface area contributed by atoms with E-state index in [9.17, 15) is 4.79 Å². The summed E-state index contributed by atoms with van der Waals surface area (Å²) in [7, 11) is 1.98. The van der Waals surface area contributed by atoms with E-state index in [-0.39, 0.29) is 5.78 Å². The maximum absolute atomic E-state index is 11.3. The van der Waals surface area contributed by atoms with Crippen LogP contribution < -0.4 is 4.90 Å². The van der Waals surface area contributed by atoms with Crippen LogP contribution in [0.5, 0.6) is 0 Å². The van der Waals surface area contributed by atoms with Crippen molar-refractivity contribution < 1.29 is 4.79 Å². The summed E-state index contributed by atoms with van der Waals surface area (Å²) >= 11 is 9.68. The molecule has 0 aromatic heterocycles. The maximum atomic E-state index is 11.3. The molecular weight excluding hydrogens is 338 g/mol. The quantitative estimate of drug-likeness (QED) is 0.726. The number of anilines is 1. The number of halogens is 2. The summed E-state index contributed by atoms with van der Waals surface area (Å²) < 4.78 is 1.06. The lowest BCUT2D eigenvalue weighted by Crippen LogP contribution is -2.16. The molecule has 2 aromatic rings. The van der Waals surface area contributed by atoms with Gasteiger partial charge in [-0.15, -0.1) is 0 Å². The second-order valence-corrected chi connectivity index (χ2v) is 6.03. The smallest absolute Gasteiger partial charge is 0.159 e. The van der Waals surface area contributed by atoms with Crippen LogP contribution in [0.2, 0.25) is 5.02 Å². The molecule has 104 valence electrons. The molecule has 0 aliphatic heterocycles. The lowest BCUT2D eigenvalue weighted by molar-refractivity contribution is 0.101. The molecule has 0 N–H and O–H groups in total. The number of hydrogen-bond acceptors (Lipinski definition) is 2. The summed E-state index contributed by atoms with van der Waals surface area (Å²) in [6.07, 6.45) is 0. The third-order valence-corrected chi connectivity index (χ3v) is 3.93. The van der Waals surface area contributed by atoms with Crippen LogP contribution >= 0.6 is 27.5 Å². The fraction of sp³-hybridized carbons (Fsp3) is 0.188. The molecule has 4 heteroatoms. The van der Waals surface area contributed by atoms with Gasteiger partial charge >= 0.3 is 0 Å². The molecule has 0 aliphatic carbocycles. The first-order chi connectivity index (χ1) is 9.47. The lowest BCUT2D eigenvalue weighted by atomic mass is 10.1. The first kappa shape index (κ1) is 15.1. The molecule has 2 nitrogen and oxygen atoms in total. The molecule has 0 unspecified atom stereocenters. The van der Waals surface area contributed by atoms with Crippen LogP contribution in [0, 0.1) is 0 Å². The highest BCUT2D eigenvalue weighted by Gasteiger charge is 2.09. The molecule has 0 spiro atoms. The Morgan fingerprint density at radius 2 is 1.85 bits per heavy atom. The van der Waals surface area contributed by atoms with Gasteiger partial charge in [-0.05, 0) is 42.8 Å². The Morgan fingerprint density at radius 3 is 2.40 bits per heavy atom. The Labute approximate surface area is 132 Å². The van der Waals surface area contributed by atoms with Crippen molar-refractivity contribution in [3.63, 3.8) is 0 Å². The molecule has 0 bridgehead atoms. The number of Topliss-reactive ketones (excluding diaryl/α,β-unsaturated/α-hetero) is 1. The van der Waals surface area contributed by atoms with E-state index in [1.807, 2.05) is 31.3 Å². The second kappa shape index (κ2) is 6.42. The monoisotopic (exact) mass is 351 g/mol. The average molecular weight is 353 g/mol. The number of nitrogens with zero attached hydrogens (tertiary/aromatic N) is 1. The Bertz CT molecular complexity index is 625. The number of rotatable bonds is 4. The highest BCUT2D eigenvalue weighted by atomic mass is 79.9. The zero-order valence-electron chi connectivity index (χ0n) is 11.4. The van der Waals surface area contributed by atoms with E-state index in [0.717, 1.165) is 16.7 Å². The highest BCUT2D eigenvalue weighted by Crippen LogP contribution is 2.27. The fourth-order valence-electron chi connectivity index (χ4n) is 1.98. The van der Waals surface area contributed by atoms with Crippen LogP contribution in [0.15, 0.2) is 46.9 Å². The average Bonchev–Trinajstić information content (AvgIpc) is 2.41. The van der Waals surface area contributed by atoms with Gasteiger partial charge in [0.1, 0.15) is 0 Å². The van der Waals surface area contributed by atoms with Crippen LogP contribution in [0.25, 0.3) is 0 Å². The predicted octanol–water partition coefficient (Wildman–Crippen LogP) is 4.94. The molecule has 0 aliphatic rings. The van der Waals surface area contributed by atoms with Crippen molar-refractivity contribution in [2.45, 2.75) is 13.5 Å². The summed E-state index contributed by atoms with van der Waals surface area (Å²) in [6.45, 7) is 2.29. The van der Waals surface area contributed by atoms with E-state index in [4.69, 9.17) is 11.6 Å². The minimum Gasteiger partial charge on any atom is -0.369 e. The molecular formula is C16H15BrClNO. The fourth-order valence-corrected chi connectivity index (χ4v) is 2.57. The minimum absolute atomic E-state index is 0.0222. The van der Waals surface area contributed by atoms with Crippen LogP contribution in [0.3, 0.4) is 0 Å². The molecule has 20 heavy (non-hydrogen) atoms. The van der Waals surface area contributed by atoms with Crippen molar-refractivity contribution in [2.75, 3.05) is 11.9 Å². The first-order valence-corrected chi connectivity index (χ1v) is 7.40. The van der Waals surface area contributed by atoms with E-state index in [2.05, 4.69) is 33.0 Å². The number of carbonyl (C=O) groups is 1. The Hall–Kier alpha value is -1.32. The maximum Gasteiger partial charge on any atom is 0.159 e. The molecule has 0 atom stereocenters. The van der Waals surface area contributed by atoms with Gasteiger partial charge in [0.05, 0.1) is 10.7 Å². The molecule has 0 heterocycles. The van der Waals surface area contributed by atoms with Crippen LogP contribution in [-0.4, -0.2) is 12.8 Å². The predicted molar refractivity (Wildman–Crippen MR) is 87.7 cm³/mol. The van der Waals surface area contributed by atoms with Crippen molar-refractivity contribution in [1.29, 1.82) is 0 Å². The molecule has 2 rings (SSSR count). The van der Waals surface area contributed by atoms with Gasteiger partial charge in [0.2, 0.25) is 0 Å². The zero-order chi connectivity index (χ0) is 14.7. The standard InChI is InChI=1S/C16H15BrClNO/c1-11(20)13-5-8-16(15(18)9-13)19(2)10-12-3-6-14(17)7-4-12/h3-9H,10H2,1-2H3. The molecule has 0 amide bonds. The number of carbonyl (C=O) groups excluding carboxylic acids is 1. The topological polar surface area (TPSA) is 20.3 Å². The summed E-state index contributed by atoms with van der Waals surface area (Å²) in [5.74, 6) is 0.0222. The van der Waals surface area contributed by atoms with E-state index < -0.39 is 0 Å². The molecule has 0 radical (unpaired) electrons. The van der Waals surface area contributed by atoms with Crippen molar-refractivity contribution in [3.05, 3.63) is 63.1 Å². The van der Waals surface area contributed by atoms with Gasteiger partial charge in [-0.1, -0.05) is 39.7 Å². The van der Waals surface area contributed by atoms with Crippen molar-refractivity contribution in [3.8, 4) is 0 Å². The highest BCUT2D eigenvalue weighted by molar-refractivity contribution is 9.10. The van der Waals surface area contributed by atoms with Gasteiger partial charge in [0, 0.05) is 23.6 Å². The van der Waals surface area contributed by atoms with Crippen molar-refractivity contribution >= 4 is 39.0 Å². The Balaban J connectivity index is 2.18. The molecule has 0 fully saturated rings. The van der Waals surface area contributed by atoms with Crippen LogP contribution in [-0.2, 0) is 6.54 Å². The van der Waals surface area contributed by atoms with Gasteiger partial charge in [-0.25, -0.2) is 0 Å². The van der Waals surface area contributed by atoms with E-state index >= 15 is 0 Å². The van der Waals surface area contributed by atoms with E-state index in [1.165, 1.54) is 12.5 Å². The minimum atomic E-state index is 0.0222. The first-order valence-electron chi connectivity index (χ1n) is 6.23. The number of benzene rings is 2. The largest absolute Gasteiger partial charge is 0.369 e. The molecule has 0 saturated carbocycles. The Kier molecular flexibility index (Phi) is 4.84. The normalized spacial score (nSPS) is 10.4. The lowest BCUT2D eigenvalue weighted by Gasteiger charge is -2.21. The summed E-state index contributed by atoms with van der Waals surface area (Å²) in [4.78, 5) is 13.4. The Morgan fingerprint density at radius 1 is 1.20 bits per heavy atom. The summed E-state index contributed by atoms with van der Waals surface area (Å²) in [5.41, 5.74) is 2.75. The van der Waals surface area contributed by atoms with Gasteiger partial charge < -0.3 is 4.90 Å². The van der Waals surface area contributed by atoms with Crippen molar-refractivity contribution in [1.82, 2.24) is 0 Å². The van der Waals surface area contributed by atoms with Crippen LogP contribution in [0.4, 0.5) is 5.69 Å². The van der Waals surface area contributed by atoms with Gasteiger partial charge in [0.15, 0.2) is 5.78 Å². The van der Waals surface area contributed by atoms with Gasteiger partial charge in [-0.2, -0.15) is 0 Å².